The van der Waals surface area contributed by atoms with E-state index < -0.39 is 0 Å². The van der Waals surface area contributed by atoms with Crippen molar-refractivity contribution in [2.75, 3.05) is 6.54 Å². The molecule has 20 heavy (non-hydrogen) atoms. The second-order valence-electron chi connectivity index (χ2n) is 5.21. The van der Waals surface area contributed by atoms with Crippen LogP contribution in [0.3, 0.4) is 0 Å². The van der Waals surface area contributed by atoms with Gasteiger partial charge in [0.1, 0.15) is 0 Å². The van der Waals surface area contributed by atoms with Crippen LogP contribution in [0.1, 0.15) is 45.4 Å². The molecule has 2 rings (SSSR count). The number of rotatable bonds is 2. The van der Waals surface area contributed by atoms with Crippen molar-refractivity contribution in [3.63, 3.8) is 0 Å². The zero-order valence-corrected chi connectivity index (χ0v) is 12.2. The van der Waals surface area contributed by atoms with Gasteiger partial charge in [-0.15, -0.1) is 0 Å². The van der Waals surface area contributed by atoms with E-state index in [0.717, 1.165) is 62.2 Å². The van der Waals surface area contributed by atoms with Crippen molar-refractivity contribution in [1.82, 2.24) is 0 Å². The Balaban J connectivity index is 2.15. The molecule has 0 unspecified atom stereocenters. The van der Waals surface area contributed by atoms with Crippen LogP contribution in [0.4, 0.5) is 0 Å². The van der Waals surface area contributed by atoms with Gasteiger partial charge in [0.2, 0.25) is 0 Å². The minimum absolute atomic E-state index is 0.654. The van der Waals surface area contributed by atoms with Crippen LogP contribution in [-0.2, 0) is 0 Å². The number of allylic oxidation sites excluding steroid dienone is 5. The van der Waals surface area contributed by atoms with Gasteiger partial charge >= 0.3 is 0 Å². The number of aliphatic imine (C=N–C) groups is 2. The Kier molecular flexibility index (Phi) is 5.66. The highest BCUT2D eigenvalue weighted by Gasteiger charge is 2.06. The maximum atomic E-state index is 7.82. The number of hydrogen-bond donors (Lipinski definition) is 1. The summed E-state index contributed by atoms with van der Waals surface area (Å²) in [7, 11) is 0. The van der Waals surface area contributed by atoms with Crippen molar-refractivity contribution in [2.45, 2.75) is 45.4 Å². The van der Waals surface area contributed by atoms with Crippen molar-refractivity contribution < 1.29 is 0 Å². The van der Waals surface area contributed by atoms with Gasteiger partial charge in [-0.25, -0.2) is 0 Å². The zero-order valence-electron chi connectivity index (χ0n) is 12.2. The summed E-state index contributed by atoms with van der Waals surface area (Å²) >= 11 is 0. The predicted molar refractivity (Wildman–Crippen MR) is 87.2 cm³/mol. The summed E-state index contributed by atoms with van der Waals surface area (Å²) in [5.74, 6) is 0. The van der Waals surface area contributed by atoms with E-state index in [4.69, 9.17) is 10.4 Å². The van der Waals surface area contributed by atoms with E-state index >= 15 is 0 Å². The van der Waals surface area contributed by atoms with Gasteiger partial charge < -0.3 is 5.41 Å². The van der Waals surface area contributed by atoms with E-state index in [1.165, 1.54) is 0 Å². The van der Waals surface area contributed by atoms with Gasteiger partial charge in [0.15, 0.2) is 0 Å². The monoisotopic (exact) mass is 269 g/mol. The van der Waals surface area contributed by atoms with Gasteiger partial charge in [-0.3, -0.25) is 9.98 Å². The average Bonchev–Trinajstić information content (AvgIpc) is 2.55. The highest BCUT2D eigenvalue weighted by Crippen LogP contribution is 2.11. The van der Waals surface area contributed by atoms with Crippen LogP contribution in [0.15, 0.2) is 46.1 Å². The Morgan fingerprint density at radius 2 is 1.95 bits per heavy atom. The third-order valence-corrected chi connectivity index (χ3v) is 3.45. The van der Waals surface area contributed by atoms with Gasteiger partial charge in [-0.05, 0) is 57.6 Å². The Hall–Kier alpha value is -1.77. The zero-order chi connectivity index (χ0) is 14.2. The second kappa shape index (κ2) is 7.73. The van der Waals surface area contributed by atoms with Crippen LogP contribution in [0.2, 0.25) is 0 Å². The fourth-order valence-corrected chi connectivity index (χ4v) is 2.32. The van der Waals surface area contributed by atoms with E-state index in [9.17, 15) is 0 Å². The normalized spacial score (nSPS) is 23.1. The van der Waals surface area contributed by atoms with Crippen LogP contribution in [0, 0.1) is 5.41 Å². The van der Waals surface area contributed by atoms with Crippen LogP contribution in [0.25, 0.3) is 0 Å². The summed E-state index contributed by atoms with van der Waals surface area (Å²) in [4.78, 5) is 9.36. The first-order chi connectivity index (χ1) is 9.75. The fraction of sp³-hybridized carbons (Fsp3) is 0.471. The second-order valence-corrected chi connectivity index (χ2v) is 5.21. The van der Waals surface area contributed by atoms with Gasteiger partial charge in [0.05, 0.1) is 17.1 Å². The first-order valence-corrected chi connectivity index (χ1v) is 7.45. The topological polar surface area (TPSA) is 48.6 Å². The quantitative estimate of drug-likeness (QED) is 0.575. The molecular formula is C17H23N3. The van der Waals surface area contributed by atoms with Gasteiger partial charge in [0, 0.05) is 12.3 Å². The molecule has 0 bridgehead atoms. The molecule has 0 aromatic carbocycles. The van der Waals surface area contributed by atoms with Gasteiger partial charge in [-0.2, -0.15) is 0 Å². The van der Waals surface area contributed by atoms with Crippen LogP contribution in [0.5, 0.6) is 0 Å². The molecule has 3 nitrogen and oxygen atoms in total. The Morgan fingerprint density at radius 1 is 1.15 bits per heavy atom. The molecule has 0 saturated heterocycles. The molecule has 0 aromatic rings. The largest absolute Gasteiger partial charge is 0.305 e. The van der Waals surface area contributed by atoms with Crippen molar-refractivity contribution in [3.8, 4) is 0 Å². The molecule has 1 N–H and O–H groups in total. The minimum atomic E-state index is 0.654. The molecule has 3 heteroatoms. The lowest BCUT2D eigenvalue weighted by molar-refractivity contribution is 0.858. The highest BCUT2D eigenvalue weighted by molar-refractivity contribution is 6.41. The molecule has 0 amide bonds. The summed E-state index contributed by atoms with van der Waals surface area (Å²) in [6.07, 6.45) is 16.4. The number of nitrogens with one attached hydrogen (secondary N) is 1. The molecule has 0 saturated carbocycles. The first kappa shape index (κ1) is 14.6. The van der Waals surface area contributed by atoms with E-state index in [1.54, 1.807) is 0 Å². The van der Waals surface area contributed by atoms with Crippen molar-refractivity contribution in [2.24, 2.45) is 9.98 Å². The standard InChI is InChI=1S/C17H23N3/c1-14(17-11-5-3-2-4-8-12-19-17)20-16-10-7-6-9-15(18)13-16/h2-3,7,10,13,18H,4-6,8-9,11-12H2,1H3/b3-2-,18-15?,19-17?,20-14?. The minimum Gasteiger partial charge on any atom is -0.305 e. The number of nitrogens with zero attached hydrogens (tertiary/aromatic N) is 2. The van der Waals surface area contributed by atoms with E-state index in [2.05, 4.69) is 23.2 Å². The lowest BCUT2D eigenvalue weighted by atomic mass is 10.1. The maximum absolute atomic E-state index is 7.82. The molecular weight excluding hydrogens is 246 g/mol. The predicted octanol–water partition coefficient (Wildman–Crippen LogP) is 4.27. The third-order valence-electron chi connectivity index (χ3n) is 3.45. The van der Waals surface area contributed by atoms with E-state index in [-0.39, 0.29) is 0 Å². The van der Waals surface area contributed by atoms with Gasteiger partial charge in [0.25, 0.3) is 0 Å². The summed E-state index contributed by atoms with van der Waals surface area (Å²) in [5.41, 5.74) is 3.64. The lowest BCUT2D eigenvalue weighted by Gasteiger charge is -2.05. The molecule has 1 heterocycles. The molecule has 0 spiro atoms. The molecule has 2 aliphatic rings. The summed E-state index contributed by atoms with van der Waals surface area (Å²) in [6.45, 7) is 2.92. The fourth-order valence-electron chi connectivity index (χ4n) is 2.32. The SMILES string of the molecule is CC(=NC1=CC(=N)CCC=C1)C1=NCCC/C=C\CC1. The van der Waals surface area contributed by atoms with Crippen molar-refractivity contribution in [3.05, 3.63) is 36.1 Å². The average molecular weight is 269 g/mol. The third kappa shape index (κ3) is 4.72. The maximum Gasteiger partial charge on any atom is 0.0648 e. The van der Waals surface area contributed by atoms with E-state index in [0.29, 0.717) is 5.71 Å². The molecule has 0 atom stereocenters. The molecule has 0 fully saturated rings. The molecule has 1 aliphatic heterocycles. The lowest BCUT2D eigenvalue weighted by Crippen LogP contribution is -2.11. The van der Waals surface area contributed by atoms with Crippen LogP contribution in [-0.4, -0.2) is 23.7 Å². The molecule has 106 valence electrons. The van der Waals surface area contributed by atoms with E-state index in [1.807, 2.05) is 19.1 Å². The Morgan fingerprint density at radius 3 is 2.85 bits per heavy atom. The molecule has 0 radical (unpaired) electrons. The Labute approximate surface area is 121 Å². The van der Waals surface area contributed by atoms with Crippen molar-refractivity contribution >= 4 is 17.1 Å². The summed E-state index contributed by atoms with van der Waals surface area (Å²) < 4.78 is 0. The van der Waals surface area contributed by atoms with Gasteiger partial charge in [-0.1, -0.05) is 18.2 Å². The van der Waals surface area contributed by atoms with Crippen molar-refractivity contribution in [1.29, 1.82) is 5.41 Å². The highest BCUT2D eigenvalue weighted by atomic mass is 14.8. The summed E-state index contributed by atoms with van der Waals surface area (Å²) in [6, 6.07) is 0. The van der Waals surface area contributed by atoms with Crippen LogP contribution >= 0.6 is 0 Å². The first-order valence-electron chi connectivity index (χ1n) is 7.45. The summed E-state index contributed by atoms with van der Waals surface area (Å²) in [5, 5.41) is 7.82. The molecule has 0 aromatic heterocycles. The number of hydrogen-bond acceptors (Lipinski definition) is 3. The molecule has 1 aliphatic carbocycles. The van der Waals surface area contributed by atoms with Crippen LogP contribution < -0.4 is 0 Å². The Bertz CT molecular complexity index is 504. The smallest absolute Gasteiger partial charge is 0.0648 e.